The zero-order chi connectivity index (χ0) is 23.2. The molecule has 11 heteroatoms. The molecule has 2 heterocycles. The summed E-state index contributed by atoms with van der Waals surface area (Å²) < 4.78 is 11.0. The number of hydrogen-bond acceptors (Lipinski definition) is 8. The van der Waals surface area contributed by atoms with E-state index >= 15 is 0 Å². The van der Waals surface area contributed by atoms with E-state index in [1.54, 1.807) is 24.3 Å². The number of nitro groups is 1. The molecule has 1 aromatic heterocycles. The van der Waals surface area contributed by atoms with E-state index in [1.807, 2.05) is 12.1 Å². The Kier molecular flexibility index (Phi) is 6.86. The van der Waals surface area contributed by atoms with Crippen LogP contribution in [0.3, 0.4) is 0 Å². The fourth-order valence-electron chi connectivity index (χ4n) is 2.78. The minimum absolute atomic E-state index is 0.132. The van der Waals surface area contributed by atoms with Crippen LogP contribution in [0.1, 0.15) is 16.9 Å². The Morgan fingerprint density at radius 3 is 2.82 bits per heavy atom. The van der Waals surface area contributed by atoms with E-state index in [1.165, 1.54) is 36.8 Å². The highest BCUT2D eigenvalue weighted by Gasteiger charge is 2.25. The monoisotopic (exact) mass is 482 g/mol. The second-order valence-corrected chi connectivity index (χ2v) is 8.03. The molecule has 1 aliphatic rings. The third-order valence-corrected chi connectivity index (χ3v) is 5.63. The summed E-state index contributed by atoms with van der Waals surface area (Å²) in [6.45, 7) is 0.154. The molecule has 3 aromatic rings. The number of benzene rings is 2. The summed E-state index contributed by atoms with van der Waals surface area (Å²) in [6.07, 6.45) is 4.42. The molecule has 1 fully saturated rings. The van der Waals surface area contributed by atoms with Crippen LogP contribution in [0.4, 0.5) is 5.69 Å². The number of nitro benzene ring substituents is 1. The number of hydrogen-bond donors (Lipinski definition) is 1. The van der Waals surface area contributed by atoms with Crippen LogP contribution in [-0.2, 0) is 11.4 Å². The van der Waals surface area contributed by atoms with Gasteiger partial charge in [0.15, 0.2) is 5.17 Å². The molecule has 0 atom stereocenters. The lowest BCUT2D eigenvalue weighted by molar-refractivity contribution is -0.384. The number of amides is 1. The zero-order valence-electron chi connectivity index (χ0n) is 16.8. The van der Waals surface area contributed by atoms with Crippen molar-refractivity contribution in [2.24, 2.45) is 10.2 Å². The molecule has 0 unspecified atom stereocenters. The maximum atomic E-state index is 12.4. The first-order valence-corrected chi connectivity index (χ1v) is 10.7. The summed E-state index contributed by atoms with van der Waals surface area (Å²) in [7, 11) is 0. The normalized spacial score (nSPS) is 16.0. The highest BCUT2D eigenvalue weighted by atomic mass is 35.5. The predicted molar refractivity (Wildman–Crippen MR) is 126 cm³/mol. The van der Waals surface area contributed by atoms with E-state index in [0.29, 0.717) is 22.1 Å². The van der Waals surface area contributed by atoms with Crippen LogP contribution < -0.4 is 10.1 Å². The van der Waals surface area contributed by atoms with E-state index in [4.69, 9.17) is 20.8 Å². The Bertz CT molecular complexity index is 1290. The highest BCUT2D eigenvalue weighted by Crippen LogP contribution is 2.32. The first-order valence-electron chi connectivity index (χ1n) is 9.49. The Morgan fingerprint density at radius 1 is 1.21 bits per heavy atom. The van der Waals surface area contributed by atoms with E-state index in [2.05, 4.69) is 15.5 Å². The van der Waals surface area contributed by atoms with Gasteiger partial charge in [-0.3, -0.25) is 20.2 Å². The summed E-state index contributed by atoms with van der Waals surface area (Å²) in [5.41, 5.74) is 0.995. The van der Waals surface area contributed by atoms with Crippen LogP contribution >= 0.6 is 23.4 Å². The van der Waals surface area contributed by atoms with Gasteiger partial charge >= 0.3 is 0 Å². The molecule has 0 radical (unpaired) electrons. The van der Waals surface area contributed by atoms with Crippen LogP contribution in [0.25, 0.3) is 6.08 Å². The summed E-state index contributed by atoms with van der Waals surface area (Å²) in [4.78, 5) is 23.4. The van der Waals surface area contributed by atoms with Crippen molar-refractivity contribution in [1.29, 1.82) is 0 Å². The van der Waals surface area contributed by atoms with Crippen LogP contribution in [0.15, 0.2) is 80.4 Å². The molecule has 9 nitrogen and oxygen atoms in total. The fourth-order valence-corrected chi connectivity index (χ4v) is 3.74. The number of rotatable bonds is 7. The van der Waals surface area contributed by atoms with Gasteiger partial charge in [0.2, 0.25) is 0 Å². The van der Waals surface area contributed by atoms with Crippen molar-refractivity contribution in [3.8, 4) is 5.75 Å². The molecule has 4 rings (SSSR count). The fraction of sp³-hybridized carbons (Fsp3) is 0.0455. The van der Waals surface area contributed by atoms with Gasteiger partial charge in [0, 0.05) is 28.3 Å². The van der Waals surface area contributed by atoms with Crippen LogP contribution in [-0.4, -0.2) is 22.2 Å². The number of ether oxygens (including phenoxy) is 1. The van der Waals surface area contributed by atoms with Gasteiger partial charge in [0.25, 0.3) is 11.6 Å². The third-order valence-electron chi connectivity index (χ3n) is 4.36. The van der Waals surface area contributed by atoms with Gasteiger partial charge < -0.3 is 9.15 Å². The molecule has 0 aliphatic carbocycles. The van der Waals surface area contributed by atoms with Gasteiger partial charge in [0.1, 0.15) is 18.1 Å². The predicted octanol–water partition coefficient (Wildman–Crippen LogP) is 5.01. The maximum Gasteiger partial charge on any atom is 0.270 e. The minimum atomic E-state index is -0.516. The Morgan fingerprint density at radius 2 is 2.06 bits per heavy atom. The molecule has 1 amide bonds. The SMILES string of the molecule is O=C1N/C(=N\N=C/c2ccco2)S/C1=C\c1cc([N+](=O)[O-])ccc1OCc1ccccc1Cl. The summed E-state index contributed by atoms with van der Waals surface area (Å²) in [5, 5.41) is 22.5. The molecule has 33 heavy (non-hydrogen) atoms. The standard InChI is InChI=1S/C22H15ClN4O5S/c23-18-6-2-1-4-14(18)13-32-19-8-7-16(27(29)30)10-15(19)11-20-21(28)25-22(33-20)26-24-12-17-5-3-9-31-17/h1-12H,13H2,(H,25,26,28)/b20-11-,24-12-. The number of carbonyl (C=O) groups is 1. The quantitative estimate of drug-likeness (QED) is 0.219. The van der Waals surface area contributed by atoms with Crippen LogP contribution in [0.2, 0.25) is 5.02 Å². The number of thioether (sulfide) groups is 1. The van der Waals surface area contributed by atoms with Crippen molar-refractivity contribution in [3.05, 3.63) is 97.8 Å². The van der Waals surface area contributed by atoms with E-state index in [-0.39, 0.29) is 22.4 Å². The van der Waals surface area contributed by atoms with Crippen molar-refractivity contribution < 1.29 is 18.9 Å². The first kappa shape index (κ1) is 22.3. The molecule has 1 N–H and O–H groups in total. The topological polar surface area (TPSA) is 119 Å². The minimum Gasteiger partial charge on any atom is -0.488 e. The molecule has 0 spiro atoms. The van der Waals surface area contributed by atoms with Gasteiger partial charge in [-0.05, 0) is 42.1 Å². The lowest BCUT2D eigenvalue weighted by Crippen LogP contribution is -2.19. The molecule has 0 saturated carbocycles. The molecule has 2 aromatic carbocycles. The largest absolute Gasteiger partial charge is 0.488 e. The number of nitrogens with zero attached hydrogens (tertiary/aromatic N) is 3. The average molecular weight is 483 g/mol. The number of nitrogens with one attached hydrogen (secondary N) is 1. The van der Waals surface area contributed by atoms with Crippen molar-refractivity contribution in [3.63, 3.8) is 0 Å². The molecule has 166 valence electrons. The highest BCUT2D eigenvalue weighted by molar-refractivity contribution is 8.18. The number of amidine groups is 1. The van der Waals surface area contributed by atoms with Gasteiger partial charge in [0.05, 0.1) is 22.3 Å². The van der Waals surface area contributed by atoms with Crippen molar-refractivity contribution >= 4 is 52.4 Å². The summed E-state index contributed by atoms with van der Waals surface area (Å²) in [5.74, 6) is 0.472. The molecular formula is C22H15ClN4O5S. The van der Waals surface area contributed by atoms with E-state index < -0.39 is 10.8 Å². The Hall–Kier alpha value is -3.89. The zero-order valence-corrected chi connectivity index (χ0v) is 18.4. The third kappa shape index (κ3) is 5.68. The van der Waals surface area contributed by atoms with Crippen molar-refractivity contribution in [1.82, 2.24) is 5.32 Å². The van der Waals surface area contributed by atoms with Crippen molar-refractivity contribution in [2.75, 3.05) is 0 Å². The van der Waals surface area contributed by atoms with Crippen LogP contribution in [0.5, 0.6) is 5.75 Å². The Labute approximate surface area is 196 Å². The summed E-state index contributed by atoms with van der Waals surface area (Å²) in [6, 6.07) is 14.8. The molecular weight excluding hydrogens is 468 g/mol. The number of furan rings is 1. The summed E-state index contributed by atoms with van der Waals surface area (Å²) >= 11 is 7.23. The van der Waals surface area contributed by atoms with Crippen molar-refractivity contribution in [2.45, 2.75) is 6.61 Å². The number of non-ortho nitro benzene ring substituents is 1. The lowest BCUT2D eigenvalue weighted by atomic mass is 10.1. The van der Waals surface area contributed by atoms with Gasteiger partial charge in [-0.25, -0.2) is 0 Å². The second-order valence-electron chi connectivity index (χ2n) is 6.59. The molecule has 1 aliphatic heterocycles. The number of halogens is 1. The molecule has 1 saturated heterocycles. The van der Waals surface area contributed by atoms with Gasteiger partial charge in [-0.2, -0.15) is 5.10 Å². The second kappa shape index (κ2) is 10.2. The van der Waals surface area contributed by atoms with Crippen LogP contribution in [0, 0.1) is 10.1 Å². The maximum absolute atomic E-state index is 12.4. The average Bonchev–Trinajstić information content (AvgIpc) is 3.43. The smallest absolute Gasteiger partial charge is 0.270 e. The molecule has 0 bridgehead atoms. The number of carbonyl (C=O) groups excluding carboxylic acids is 1. The van der Waals surface area contributed by atoms with Gasteiger partial charge in [-0.1, -0.05) is 29.8 Å². The van der Waals surface area contributed by atoms with Gasteiger partial charge in [-0.15, -0.1) is 5.10 Å². The lowest BCUT2D eigenvalue weighted by Gasteiger charge is -2.10. The van der Waals surface area contributed by atoms with E-state index in [9.17, 15) is 14.9 Å². The Balaban J connectivity index is 1.57. The van der Waals surface area contributed by atoms with E-state index in [0.717, 1.165) is 17.3 Å². The first-order chi connectivity index (χ1) is 16.0.